The molecule has 0 bridgehead atoms. The van der Waals surface area contributed by atoms with Crippen molar-refractivity contribution in [3.05, 3.63) is 64.2 Å². The van der Waals surface area contributed by atoms with Crippen LogP contribution in [-0.2, 0) is 28.9 Å². The fourth-order valence-electron chi connectivity index (χ4n) is 2.50. The first-order chi connectivity index (χ1) is 11.6. The monoisotopic (exact) mass is 358 g/mol. The Morgan fingerprint density at radius 2 is 1.60 bits per heavy atom. The predicted octanol–water partition coefficient (Wildman–Crippen LogP) is 4.56. The smallest absolute Gasteiger partial charge is 0.142 e. The summed E-state index contributed by atoms with van der Waals surface area (Å²) in [4.78, 5) is 24.5. The lowest BCUT2D eigenvalue weighted by molar-refractivity contribution is -0.125. The number of ketones is 2. The second-order valence-electron chi connectivity index (χ2n) is 7.34. The minimum Gasteiger partial charge on any atom is -0.508 e. The topological polar surface area (TPSA) is 54.4 Å². The highest BCUT2D eigenvalue weighted by Gasteiger charge is 2.21. The first-order valence-corrected chi connectivity index (χ1v) is 8.63. The first-order valence-electron chi connectivity index (χ1n) is 8.25. The van der Waals surface area contributed by atoms with Gasteiger partial charge in [0.2, 0.25) is 0 Å². The van der Waals surface area contributed by atoms with Gasteiger partial charge in [0.25, 0.3) is 0 Å². The highest BCUT2D eigenvalue weighted by Crippen LogP contribution is 2.23. The molecule has 0 aliphatic carbocycles. The Bertz CT molecular complexity index is 788. The molecule has 2 aromatic carbocycles. The molecule has 0 unspecified atom stereocenters. The number of halogens is 1. The molecule has 0 amide bonds. The van der Waals surface area contributed by atoms with Gasteiger partial charge in [-0.15, -0.1) is 0 Å². The summed E-state index contributed by atoms with van der Waals surface area (Å²) in [5, 5.41) is 10.3. The molecule has 2 rings (SSSR count). The van der Waals surface area contributed by atoms with Crippen LogP contribution in [0.5, 0.6) is 5.75 Å². The lowest BCUT2D eigenvalue weighted by atomic mass is 9.87. The summed E-state index contributed by atoms with van der Waals surface area (Å²) >= 11 is 5.91. The standard InChI is InChI=1S/C21H23ClO3/c1-21(2,3)20(25)11-15-6-4-5-14(9-15)10-18(23)13-16-12-17(22)7-8-19(16)24/h4-9,12,24H,10-11,13H2,1-3H3. The van der Waals surface area contributed by atoms with Crippen molar-refractivity contribution < 1.29 is 14.7 Å². The van der Waals surface area contributed by atoms with Gasteiger partial charge in [-0.1, -0.05) is 56.6 Å². The molecular weight excluding hydrogens is 336 g/mol. The maximum absolute atomic E-state index is 12.3. The lowest BCUT2D eigenvalue weighted by Gasteiger charge is -2.16. The van der Waals surface area contributed by atoms with E-state index in [-0.39, 0.29) is 35.6 Å². The largest absolute Gasteiger partial charge is 0.508 e. The van der Waals surface area contributed by atoms with E-state index in [0.29, 0.717) is 17.0 Å². The van der Waals surface area contributed by atoms with Crippen LogP contribution < -0.4 is 0 Å². The summed E-state index contributed by atoms with van der Waals surface area (Å²) in [5.41, 5.74) is 1.92. The van der Waals surface area contributed by atoms with Crippen molar-refractivity contribution in [2.75, 3.05) is 0 Å². The average molecular weight is 359 g/mol. The van der Waals surface area contributed by atoms with Gasteiger partial charge in [0.05, 0.1) is 0 Å². The van der Waals surface area contributed by atoms with Crippen LogP contribution in [0.25, 0.3) is 0 Å². The molecule has 0 aliphatic heterocycles. The summed E-state index contributed by atoms with van der Waals surface area (Å²) < 4.78 is 0. The Morgan fingerprint density at radius 3 is 2.24 bits per heavy atom. The maximum Gasteiger partial charge on any atom is 0.142 e. The predicted molar refractivity (Wildman–Crippen MR) is 100 cm³/mol. The Morgan fingerprint density at radius 1 is 0.960 bits per heavy atom. The highest BCUT2D eigenvalue weighted by molar-refractivity contribution is 6.30. The van der Waals surface area contributed by atoms with Crippen molar-refractivity contribution in [3.8, 4) is 5.75 Å². The molecule has 0 atom stereocenters. The second-order valence-corrected chi connectivity index (χ2v) is 7.77. The van der Waals surface area contributed by atoms with Gasteiger partial charge in [-0.3, -0.25) is 9.59 Å². The molecule has 0 saturated heterocycles. The van der Waals surface area contributed by atoms with E-state index in [2.05, 4.69) is 0 Å². The third kappa shape index (κ3) is 5.71. The summed E-state index contributed by atoms with van der Waals surface area (Å²) in [6, 6.07) is 12.2. The van der Waals surface area contributed by atoms with E-state index in [1.165, 1.54) is 6.07 Å². The quantitative estimate of drug-likeness (QED) is 0.823. The van der Waals surface area contributed by atoms with E-state index < -0.39 is 0 Å². The number of benzene rings is 2. The summed E-state index contributed by atoms with van der Waals surface area (Å²) in [5.74, 6) is 0.221. The summed E-state index contributed by atoms with van der Waals surface area (Å²) in [6.45, 7) is 5.71. The number of aromatic hydroxyl groups is 1. The third-order valence-electron chi connectivity index (χ3n) is 4.02. The molecule has 0 saturated carbocycles. The normalized spacial score (nSPS) is 11.4. The van der Waals surface area contributed by atoms with E-state index in [1.807, 2.05) is 45.0 Å². The molecule has 132 valence electrons. The number of phenolic OH excluding ortho intramolecular Hbond substituents is 1. The van der Waals surface area contributed by atoms with Gasteiger partial charge >= 0.3 is 0 Å². The van der Waals surface area contributed by atoms with Crippen LogP contribution in [0.4, 0.5) is 0 Å². The Kier molecular flexibility index (Phi) is 6.02. The Hall–Kier alpha value is -2.13. The van der Waals surface area contributed by atoms with Crippen molar-refractivity contribution in [2.45, 2.75) is 40.0 Å². The van der Waals surface area contributed by atoms with Crippen LogP contribution in [0.2, 0.25) is 5.02 Å². The van der Waals surface area contributed by atoms with Crippen LogP contribution in [0.15, 0.2) is 42.5 Å². The molecule has 0 heterocycles. The zero-order valence-corrected chi connectivity index (χ0v) is 15.6. The van der Waals surface area contributed by atoms with E-state index in [0.717, 1.165) is 11.1 Å². The molecule has 0 radical (unpaired) electrons. The molecule has 25 heavy (non-hydrogen) atoms. The van der Waals surface area contributed by atoms with Crippen molar-refractivity contribution >= 4 is 23.2 Å². The van der Waals surface area contributed by atoms with Crippen LogP contribution in [0, 0.1) is 5.41 Å². The molecule has 0 spiro atoms. The molecule has 1 N–H and O–H groups in total. The van der Waals surface area contributed by atoms with Crippen LogP contribution in [0.1, 0.15) is 37.5 Å². The molecule has 2 aromatic rings. The lowest BCUT2D eigenvalue weighted by Crippen LogP contribution is -2.22. The van der Waals surface area contributed by atoms with Crippen molar-refractivity contribution in [3.63, 3.8) is 0 Å². The molecule has 0 aromatic heterocycles. The molecule has 0 aliphatic rings. The Balaban J connectivity index is 2.05. The van der Waals surface area contributed by atoms with Crippen molar-refractivity contribution in [1.29, 1.82) is 0 Å². The fraction of sp³-hybridized carbons (Fsp3) is 0.333. The van der Waals surface area contributed by atoms with Crippen LogP contribution in [0.3, 0.4) is 0 Å². The summed E-state index contributed by atoms with van der Waals surface area (Å²) in [7, 11) is 0. The second kappa shape index (κ2) is 7.83. The van der Waals surface area contributed by atoms with Gasteiger partial charge in [0.1, 0.15) is 17.3 Å². The van der Waals surface area contributed by atoms with Crippen LogP contribution in [-0.4, -0.2) is 16.7 Å². The minimum absolute atomic E-state index is 0.0168. The number of Topliss-reactive ketones (excluding diaryl/α,β-unsaturated/α-hetero) is 2. The van der Waals surface area contributed by atoms with Gasteiger partial charge in [-0.05, 0) is 29.3 Å². The zero-order chi connectivity index (χ0) is 18.6. The molecular formula is C21H23ClO3. The number of hydrogen-bond acceptors (Lipinski definition) is 3. The number of hydrogen-bond donors (Lipinski definition) is 1. The van der Waals surface area contributed by atoms with Crippen molar-refractivity contribution in [2.24, 2.45) is 5.41 Å². The fourth-order valence-corrected chi connectivity index (χ4v) is 2.69. The average Bonchev–Trinajstić information content (AvgIpc) is 2.50. The number of rotatable bonds is 6. The maximum atomic E-state index is 12.3. The van der Waals surface area contributed by atoms with Gasteiger partial charge in [0, 0.05) is 35.3 Å². The van der Waals surface area contributed by atoms with E-state index in [1.54, 1.807) is 12.1 Å². The summed E-state index contributed by atoms with van der Waals surface area (Å²) in [6.07, 6.45) is 0.738. The van der Waals surface area contributed by atoms with Crippen molar-refractivity contribution in [1.82, 2.24) is 0 Å². The van der Waals surface area contributed by atoms with Gasteiger partial charge in [0.15, 0.2) is 0 Å². The van der Waals surface area contributed by atoms with E-state index >= 15 is 0 Å². The molecule has 0 fully saturated rings. The SMILES string of the molecule is CC(C)(C)C(=O)Cc1cccc(CC(=O)Cc2cc(Cl)ccc2O)c1. The van der Waals surface area contributed by atoms with E-state index in [9.17, 15) is 14.7 Å². The zero-order valence-electron chi connectivity index (χ0n) is 14.8. The number of carbonyl (C=O) groups is 2. The number of phenols is 1. The third-order valence-corrected chi connectivity index (χ3v) is 4.26. The molecule has 3 nitrogen and oxygen atoms in total. The Labute approximate surface area is 153 Å². The highest BCUT2D eigenvalue weighted by atomic mass is 35.5. The number of carbonyl (C=O) groups excluding carboxylic acids is 2. The molecule has 4 heteroatoms. The van der Waals surface area contributed by atoms with Gasteiger partial charge in [-0.25, -0.2) is 0 Å². The van der Waals surface area contributed by atoms with Gasteiger partial charge in [-0.2, -0.15) is 0 Å². The van der Waals surface area contributed by atoms with E-state index in [4.69, 9.17) is 11.6 Å². The van der Waals surface area contributed by atoms with Gasteiger partial charge < -0.3 is 5.11 Å². The first kappa shape index (κ1) is 19.2. The minimum atomic E-state index is -0.379. The van der Waals surface area contributed by atoms with Crippen LogP contribution >= 0.6 is 11.6 Å².